The Labute approximate surface area is 111 Å². The third-order valence-electron chi connectivity index (χ3n) is 2.68. The molecule has 18 heavy (non-hydrogen) atoms. The van der Waals surface area contributed by atoms with Gasteiger partial charge in [-0.3, -0.25) is 4.79 Å². The fraction of sp³-hybridized carbons (Fsp3) is 0.462. The van der Waals surface area contributed by atoms with Crippen LogP contribution in [0.15, 0.2) is 24.3 Å². The molecule has 0 aliphatic rings. The van der Waals surface area contributed by atoms with Gasteiger partial charge in [0.15, 0.2) is 0 Å². The van der Waals surface area contributed by atoms with Gasteiger partial charge >= 0.3 is 0 Å². The Morgan fingerprint density at radius 1 is 1.56 bits per heavy atom. The summed E-state index contributed by atoms with van der Waals surface area (Å²) in [4.78, 5) is 11.8. The van der Waals surface area contributed by atoms with Crippen LogP contribution in [-0.4, -0.2) is 24.0 Å². The maximum Gasteiger partial charge on any atom is 0.237 e. The maximum atomic E-state index is 13.0. The van der Waals surface area contributed by atoms with E-state index in [4.69, 9.17) is 5.73 Å². The summed E-state index contributed by atoms with van der Waals surface area (Å²) in [5, 5.41) is 2.79. The summed E-state index contributed by atoms with van der Waals surface area (Å²) in [7, 11) is 0. The van der Waals surface area contributed by atoms with Gasteiger partial charge in [0.05, 0.1) is 12.1 Å². The van der Waals surface area contributed by atoms with Gasteiger partial charge in [-0.15, -0.1) is 0 Å². The minimum atomic E-state index is -0.506. The first-order valence-corrected chi connectivity index (χ1v) is 7.24. The molecule has 1 aromatic carbocycles. The summed E-state index contributed by atoms with van der Waals surface area (Å²) in [5.74, 6) is 0.351. The Bertz CT molecular complexity index is 400. The molecule has 0 heterocycles. The first kappa shape index (κ1) is 15.0. The Hall–Kier alpha value is -1.07. The molecular weight excluding hydrogens is 251 g/mol. The molecule has 1 rings (SSSR count). The van der Waals surface area contributed by atoms with Crippen molar-refractivity contribution in [1.29, 1.82) is 0 Å². The minimum absolute atomic E-state index is 0.194. The molecule has 0 radical (unpaired) electrons. The van der Waals surface area contributed by atoms with E-state index in [9.17, 15) is 9.18 Å². The predicted octanol–water partition coefficient (Wildman–Crippen LogP) is 2.08. The SMILES string of the molecule is CSCC[C@@H](N)C(=O)N[C@H](C)c1cccc(F)c1. The van der Waals surface area contributed by atoms with Crippen LogP contribution in [0.5, 0.6) is 0 Å². The number of halogens is 1. The van der Waals surface area contributed by atoms with Crippen molar-refractivity contribution in [2.75, 3.05) is 12.0 Å². The highest BCUT2D eigenvalue weighted by Gasteiger charge is 2.16. The zero-order valence-electron chi connectivity index (χ0n) is 10.7. The highest BCUT2D eigenvalue weighted by atomic mass is 32.2. The van der Waals surface area contributed by atoms with E-state index >= 15 is 0 Å². The van der Waals surface area contributed by atoms with Crippen LogP contribution < -0.4 is 11.1 Å². The average molecular weight is 270 g/mol. The van der Waals surface area contributed by atoms with E-state index < -0.39 is 6.04 Å². The number of thioether (sulfide) groups is 1. The Morgan fingerprint density at radius 2 is 2.28 bits per heavy atom. The number of nitrogens with one attached hydrogen (secondary N) is 1. The molecule has 5 heteroatoms. The van der Waals surface area contributed by atoms with E-state index in [0.717, 1.165) is 11.3 Å². The van der Waals surface area contributed by atoms with Gasteiger partial charge in [-0.25, -0.2) is 4.39 Å². The van der Waals surface area contributed by atoms with Crippen LogP contribution in [0.3, 0.4) is 0 Å². The van der Waals surface area contributed by atoms with Crippen LogP contribution in [0, 0.1) is 5.82 Å². The smallest absolute Gasteiger partial charge is 0.237 e. The van der Waals surface area contributed by atoms with Gasteiger partial charge in [0.1, 0.15) is 5.82 Å². The molecule has 1 aromatic rings. The topological polar surface area (TPSA) is 55.1 Å². The summed E-state index contributed by atoms with van der Waals surface area (Å²) in [6.07, 6.45) is 2.61. The van der Waals surface area contributed by atoms with Crippen molar-refractivity contribution in [3.8, 4) is 0 Å². The van der Waals surface area contributed by atoms with Crippen LogP contribution >= 0.6 is 11.8 Å². The molecule has 0 aliphatic carbocycles. The lowest BCUT2D eigenvalue weighted by atomic mass is 10.1. The fourth-order valence-electron chi connectivity index (χ4n) is 1.56. The monoisotopic (exact) mass is 270 g/mol. The molecule has 2 atom stereocenters. The van der Waals surface area contributed by atoms with Crippen LogP contribution in [0.2, 0.25) is 0 Å². The number of benzene rings is 1. The number of nitrogens with two attached hydrogens (primary N) is 1. The summed E-state index contributed by atoms with van der Waals surface area (Å²) < 4.78 is 13.0. The average Bonchev–Trinajstić information content (AvgIpc) is 2.35. The molecule has 100 valence electrons. The second kappa shape index (κ2) is 7.38. The number of carbonyl (C=O) groups is 1. The lowest BCUT2D eigenvalue weighted by Crippen LogP contribution is -2.41. The van der Waals surface area contributed by atoms with Crippen molar-refractivity contribution >= 4 is 17.7 Å². The lowest BCUT2D eigenvalue weighted by molar-refractivity contribution is -0.123. The molecule has 3 N–H and O–H groups in total. The molecule has 0 spiro atoms. The van der Waals surface area contributed by atoms with Crippen molar-refractivity contribution in [3.05, 3.63) is 35.6 Å². The minimum Gasteiger partial charge on any atom is -0.348 e. The molecule has 0 saturated heterocycles. The number of rotatable bonds is 6. The quantitative estimate of drug-likeness (QED) is 0.832. The predicted molar refractivity (Wildman–Crippen MR) is 73.9 cm³/mol. The summed E-state index contributed by atoms with van der Waals surface area (Å²) >= 11 is 1.65. The Morgan fingerprint density at radius 3 is 2.89 bits per heavy atom. The standard InChI is InChI=1S/C13H19FN2OS/c1-9(10-4-3-5-11(14)8-10)16-13(17)12(15)6-7-18-2/h3-5,8-9,12H,6-7,15H2,1-2H3,(H,16,17)/t9-,12-/m1/s1. The second-order valence-corrected chi connectivity index (χ2v) is 5.16. The van der Waals surface area contributed by atoms with E-state index in [-0.39, 0.29) is 17.8 Å². The van der Waals surface area contributed by atoms with E-state index in [1.54, 1.807) is 23.9 Å². The fourth-order valence-corrected chi connectivity index (χ4v) is 2.05. The van der Waals surface area contributed by atoms with Crippen molar-refractivity contribution in [2.24, 2.45) is 5.73 Å². The van der Waals surface area contributed by atoms with E-state index in [1.807, 2.05) is 13.2 Å². The molecule has 1 amide bonds. The third-order valence-corrected chi connectivity index (χ3v) is 3.32. The molecule has 0 aliphatic heterocycles. The zero-order chi connectivity index (χ0) is 13.5. The number of carbonyl (C=O) groups excluding carboxylic acids is 1. The molecule has 0 fully saturated rings. The lowest BCUT2D eigenvalue weighted by Gasteiger charge is -2.17. The largest absolute Gasteiger partial charge is 0.348 e. The van der Waals surface area contributed by atoms with Gasteiger partial charge < -0.3 is 11.1 Å². The summed E-state index contributed by atoms with van der Waals surface area (Å²) in [5.41, 5.74) is 6.50. The molecule has 0 bridgehead atoms. The van der Waals surface area contributed by atoms with Crippen molar-refractivity contribution in [1.82, 2.24) is 5.32 Å². The highest BCUT2D eigenvalue weighted by Crippen LogP contribution is 2.13. The van der Waals surface area contributed by atoms with E-state index in [1.165, 1.54) is 12.1 Å². The Balaban J connectivity index is 2.54. The van der Waals surface area contributed by atoms with Gasteiger partial charge in [0.2, 0.25) is 5.91 Å². The molecule has 0 saturated carbocycles. The first-order valence-electron chi connectivity index (χ1n) is 5.85. The van der Waals surface area contributed by atoms with Crippen molar-refractivity contribution in [3.63, 3.8) is 0 Å². The van der Waals surface area contributed by atoms with Crippen molar-refractivity contribution < 1.29 is 9.18 Å². The summed E-state index contributed by atoms with van der Waals surface area (Å²) in [6, 6.07) is 5.45. The van der Waals surface area contributed by atoms with Crippen LogP contribution in [0.1, 0.15) is 24.9 Å². The van der Waals surface area contributed by atoms with E-state index in [2.05, 4.69) is 5.32 Å². The summed E-state index contributed by atoms with van der Waals surface area (Å²) in [6.45, 7) is 1.81. The highest BCUT2D eigenvalue weighted by molar-refractivity contribution is 7.98. The number of hydrogen-bond donors (Lipinski definition) is 2. The van der Waals surface area contributed by atoms with Gasteiger partial charge in [0, 0.05) is 0 Å². The first-order chi connectivity index (χ1) is 8.54. The normalized spacial score (nSPS) is 14.0. The van der Waals surface area contributed by atoms with E-state index in [0.29, 0.717) is 6.42 Å². The molecular formula is C13H19FN2OS. The van der Waals surface area contributed by atoms with Crippen LogP contribution in [0.25, 0.3) is 0 Å². The van der Waals surface area contributed by atoms with Crippen LogP contribution in [0.4, 0.5) is 4.39 Å². The zero-order valence-corrected chi connectivity index (χ0v) is 11.5. The van der Waals surface area contributed by atoms with Crippen molar-refractivity contribution in [2.45, 2.75) is 25.4 Å². The van der Waals surface area contributed by atoms with Gasteiger partial charge in [-0.1, -0.05) is 12.1 Å². The molecule has 3 nitrogen and oxygen atoms in total. The Kier molecular flexibility index (Phi) is 6.15. The third kappa shape index (κ3) is 4.66. The molecule has 0 aromatic heterocycles. The number of amides is 1. The maximum absolute atomic E-state index is 13.0. The van der Waals surface area contributed by atoms with Gasteiger partial charge in [0.25, 0.3) is 0 Å². The molecule has 0 unspecified atom stereocenters. The van der Waals surface area contributed by atoms with Crippen LogP contribution in [-0.2, 0) is 4.79 Å². The number of hydrogen-bond acceptors (Lipinski definition) is 3. The van der Waals surface area contributed by atoms with Gasteiger partial charge in [-0.05, 0) is 43.0 Å². The second-order valence-electron chi connectivity index (χ2n) is 4.17. The van der Waals surface area contributed by atoms with Gasteiger partial charge in [-0.2, -0.15) is 11.8 Å².